The first-order valence-corrected chi connectivity index (χ1v) is 13.9. The smallest absolute Gasteiger partial charge is 0.242 e. The molecule has 0 bridgehead atoms. The van der Waals surface area contributed by atoms with E-state index in [1.807, 2.05) is 71.0 Å². The maximum absolute atomic E-state index is 13.3. The van der Waals surface area contributed by atoms with Crippen molar-refractivity contribution < 1.29 is 18.0 Å². The van der Waals surface area contributed by atoms with Gasteiger partial charge in [0.1, 0.15) is 6.04 Å². The molecule has 0 aliphatic carbocycles. The zero-order valence-corrected chi connectivity index (χ0v) is 22.8. The first-order chi connectivity index (χ1) is 16.3. The summed E-state index contributed by atoms with van der Waals surface area (Å²) in [5, 5.41) is 2.88. The number of hydrogen-bond donors (Lipinski definition) is 1. The Balaban J connectivity index is 2.20. The van der Waals surface area contributed by atoms with Crippen LogP contribution in [0.5, 0.6) is 0 Å². The molecule has 2 rings (SSSR count). The van der Waals surface area contributed by atoms with Crippen molar-refractivity contribution in [3.63, 3.8) is 0 Å². The van der Waals surface area contributed by atoms with Gasteiger partial charge in [-0.05, 0) is 82.3 Å². The number of benzene rings is 2. The lowest BCUT2D eigenvalue weighted by molar-refractivity contribution is -0.140. The molecule has 2 amide bonds. The largest absolute Gasteiger partial charge is 0.352 e. The van der Waals surface area contributed by atoms with Crippen molar-refractivity contribution in [2.75, 3.05) is 17.1 Å². The standard InChI is InChI=1S/C27H39N3O4S/c1-19(2)28-27(32)23(6)29(18-24-12-9-8-11-21(24)4)26(31)13-10-16-30(35(7,33)34)25-15-14-20(3)22(5)17-25/h8-9,11-12,14-15,17,19,23H,10,13,16,18H2,1-7H3,(H,28,32)/t23-/m1/s1. The number of amides is 2. The maximum Gasteiger partial charge on any atom is 0.242 e. The molecule has 0 fully saturated rings. The lowest BCUT2D eigenvalue weighted by Gasteiger charge is -2.30. The summed E-state index contributed by atoms with van der Waals surface area (Å²) in [6, 6.07) is 12.6. The van der Waals surface area contributed by atoms with Gasteiger partial charge >= 0.3 is 0 Å². The Morgan fingerprint density at radius 2 is 1.60 bits per heavy atom. The fraction of sp³-hybridized carbons (Fsp3) is 0.481. The van der Waals surface area contributed by atoms with Crippen LogP contribution in [0, 0.1) is 20.8 Å². The average molecular weight is 502 g/mol. The topological polar surface area (TPSA) is 86.8 Å². The predicted octanol–water partition coefficient (Wildman–Crippen LogP) is 4.10. The summed E-state index contributed by atoms with van der Waals surface area (Å²) in [5.41, 5.74) is 4.68. The highest BCUT2D eigenvalue weighted by Crippen LogP contribution is 2.22. The van der Waals surface area contributed by atoms with Crippen molar-refractivity contribution in [1.29, 1.82) is 0 Å². The van der Waals surface area contributed by atoms with Crippen LogP contribution in [0.25, 0.3) is 0 Å². The van der Waals surface area contributed by atoms with Crippen LogP contribution in [-0.4, -0.2) is 50.0 Å². The molecule has 0 spiro atoms. The predicted molar refractivity (Wildman–Crippen MR) is 142 cm³/mol. The number of rotatable bonds is 11. The van der Waals surface area contributed by atoms with Gasteiger partial charge in [-0.1, -0.05) is 30.3 Å². The number of aryl methyl sites for hydroxylation is 3. The van der Waals surface area contributed by atoms with E-state index in [1.54, 1.807) is 17.9 Å². The Morgan fingerprint density at radius 3 is 2.17 bits per heavy atom. The minimum Gasteiger partial charge on any atom is -0.352 e. The zero-order chi connectivity index (χ0) is 26.3. The Labute approximate surface area is 210 Å². The summed E-state index contributed by atoms with van der Waals surface area (Å²) >= 11 is 0. The van der Waals surface area contributed by atoms with Gasteiger partial charge in [-0.25, -0.2) is 8.42 Å². The summed E-state index contributed by atoms with van der Waals surface area (Å²) in [7, 11) is -3.52. The summed E-state index contributed by atoms with van der Waals surface area (Å²) < 4.78 is 26.3. The van der Waals surface area contributed by atoms with Crippen LogP contribution in [0.4, 0.5) is 5.69 Å². The molecule has 0 saturated carbocycles. The fourth-order valence-electron chi connectivity index (χ4n) is 3.84. The Hall–Kier alpha value is -2.87. The van der Waals surface area contributed by atoms with E-state index in [0.29, 0.717) is 18.7 Å². The fourth-order valence-corrected chi connectivity index (χ4v) is 4.80. The van der Waals surface area contributed by atoms with E-state index in [0.717, 1.165) is 22.3 Å². The van der Waals surface area contributed by atoms with Gasteiger partial charge in [-0.2, -0.15) is 0 Å². The molecule has 0 aromatic heterocycles. The number of nitrogens with one attached hydrogen (secondary N) is 1. The minimum atomic E-state index is -3.52. The first-order valence-electron chi connectivity index (χ1n) is 12.0. The van der Waals surface area contributed by atoms with Crippen molar-refractivity contribution in [2.24, 2.45) is 0 Å². The van der Waals surface area contributed by atoms with Gasteiger partial charge in [0, 0.05) is 25.6 Å². The first kappa shape index (κ1) is 28.4. The molecule has 192 valence electrons. The molecule has 0 radical (unpaired) electrons. The Bertz CT molecular complexity index is 1140. The van der Waals surface area contributed by atoms with Crippen LogP contribution in [-0.2, 0) is 26.2 Å². The lowest BCUT2D eigenvalue weighted by atomic mass is 10.1. The van der Waals surface area contributed by atoms with Crippen molar-refractivity contribution in [2.45, 2.75) is 73.0 Å². The van der Waals surface area contributed by atoms with Gasteiger partial charge in [-0.15, -0.1) is 0 Å². The van der Waals surface area contributed by atoms with Crippen LogP contribution >= 0.6 is 0 Å². The van der Waals surface area contributed by atoms with Crippen LogP contribution in [0.15, 0.2) is 42.5 Å². The van der Waals surface area contributed by atoms with Crippen LogP contribution in [0.3, 0.4) is 0 Å². The van der Waals surface area contributed by atoms with Crippen LogP contribution < -0.4 is 9.62 Å². The third-order valence-electron chi connectivity index (χ3n) is 6.13. The molecule has 35 heavy (non-hydrogen) atoms. The third kappa shape index (κ3) is 8.09. The van der Waals surface area contributed by atoms with Crippen LogP contribution in [0.1, 0.15) is 55.9 Å². The minimum absolute atomic E-state index is 0.0401. The van der Waals surface area contributed by atoms with E-state index in [4.69, 9.17) is 0 Å². The molecule has 1 atom stereocenters. The second kappa shape index (κ2) is 12.2. The molecule has 1 N–H and O–H groups in total. The summed E-state index contributed by atoms with van der Waals surface area (Å²) in [6.07, 6.45) is 1.64. The number of carbonyl (C=O) groups excluding carboxylic acids is 2. The van der Waals surface area contributed by atoms with Gasteiger partial charge in [0.05, 0.1) is 11.9 Å². The normalized spacial score (nSPS) is 12.3. The van der Waals surface area contributed by atoms with Crippen molar-refractivity contribution in [3.8, 4) is 0 Å². The SMILES string of the molecule is Cc1ccc(N(CCCC(=O)N(Cc2ccccc2C)[C@H](C)C(=O)NC(C)C)S(C)(=O)=O)cc1C. The second-order valence-electron chi connectivity index (χ2n) is 9.49. The van der Waals surface area contributed by atoms with Gasteiger partial charge in [0.2, 0.25) is 21.8 Å². The van der Waals surface area contributed by atoms with Crippen LogP contribution in [0.2, 0.25) is 0 Å². The number of nitrogens with zero attached hydrogens (tertiary/aromatic N) is 2. The molecular formula is C27H39N3O4S. The molecule has 0 aliphatic rings. The maximum atomic E-state index is 13.3. The average Bonchev–Trinajstić information content (AvgIpc) is 2.76. The van der Waals surface area contributed by atoms with E-state index in [1.165, 1.54) is 10.6 Å². The van der Waals surface area contributed by atoms with Crippen molar-refractivity contribution in [3.05, 3.63) is 64.7 Å². The van der Waals surface area contributed by atoms with E-state index in [2.05, 4.69) is 5.32 Å². The van der Waals surface area contributed by atoms with Gasteiger partial charge in [0.15, 0.2) is 0 Å². The summed E-state index contributed by atoms with van der Waals surface area (Å²) in [6.45, 7) is 11.9. The Morgan fingerprint density at radius 1 is 0.943 bits per heavy atom. The monoisotopic (exact) mass is 501 g/mol. The Kier molecular flexibility index (Phi) is 9.89. The summed E-state index contributed by atoms with van der Waals surface area (Å²) in [5.74, 6) is -0.400. The highest BCUT2D eigenvalue weighted by Gasteiger charge is 2.27. The number of sulfonamides is 1. The molecule has 0 heterocycles. The molecule has 0 saturated heterocycles. The molecule has 0 aliphatic heterocycles. The third-order valence-corrected chi connectivity index (χ3v) is 7.32. The molecule has 0 unspecified atom stereocenters. The molecule has 2 aromatic rings. The summed E-state index contributed by atoms with van der Waals surface area (Å²) in [4.78, 5) is 27.7. The number of carbonyl (C=O) groups is 2. The van der Waals surface area contributed by atoms with E-state index >= 15 is 0 Å². The second-order valence-corrected chi connectivity index (χ2v) is 11.4. The van der Waals surface area contributed by atoms with E-state index < -0.39 is 16.1 Å². The highest BCUT2D eigenvalue weighted by atomic mass is 32.2. The van der Waals surface area contributed by atoms with Gasteiger partial charge in [-0.3, -0.25) is 13.9 Å². The van der Waals surface area contributed by atoms with Crippen molar-refractivity contribution in [1.82, 2.24) is 10.2 Å². The number of hydrogen-bond acceptors (Lipinski definition) is 4. The molecular weight excluding hydrogens is 462 g/mol. The highest BCUT2D eigenvalue weighted by molar-refractivity contribution is 7.92. The molecule has 2 aromatic carbocycles. The lowest BCUT2D eigenvalue weighted by Crippen LogP contribution is -2.49. The van der Waals surface area contributed by atoms with E-state index in [9.17, 15) is 18.0 Å². The van der Waals surface area contributed by atoms with Gasteiger partial charge in [0.25, 0.3) is 0 Å². The zero-order valence-electron chi connectivity index (χ0n) is 22.0. The van der Waals surface area contributed by atoms with E-state index in [-0.39, 0.29) is 30.8 Å². The molecule has 7 nitrogen and oxygen atoms in total. The number of anilines is 1. The van der Waals surface area contributed by atoms with Crippen molar-refractivity contribution >= 4 is 27.5 Å². The quantitative estimate of drug-likeness (QED) is 0.502. The molecule has 8 heteroatoms. The van der Waals surface area contributed by atoms with Gasteiger partial charge < -0.3 is 10.2 Å².